The number of rotatable bonds is 8. The second-order valence-electron chi connectivity index (χ2n) is 4.82. The van der Waals surface area contributed by atoms with Crippen molar-refractivity contribution in [2.45, 2.75) is 31.6 Å². The fourth-order valence-electron chi connectivity index (χ4n) is 1.80. The smallest absolute Gasteiger partial charge is 0.335 e. The van der Waals surface area contributed by atoms with Crippen LogP contribution in [-0.4, -0.2) is 28.6 Å². The molecule has 1 aromatic carbocycles. The maximum Gasteiger partial charge on any atom is 0.335 e. The minimum Gasteiger partial charge on any atom is -0.588 e. The Balaban J connectivity index is 2.88. The van der Waals surface area contributed by atoms with Gasteiger partial charge in [0, 0.05) is 12.3 Å². The Hall–Kier alpha value is -2.25. The number of nitrogens with zero attached hydrogens (tertiary/aromatic N) is 1. The topological polar surface area (TPSA) is 94.0 Å². The zero-order chi connectivity index (χ0) is 18.1. The van der Waals surface area contributed by atoms with Gasteiger partial charge < -0.3 is 14.4 Å². The van der Waals surface area contributed by atoms with Crippen molar-refractivity contribution in [3.05, 3.63) is 53.9 Å². The van der Waals surface area contributed by atoms with Crippen LogP contribution in [0.4, 0.5) is 0 Å². The number of carbonyl (C=O) groups is 1. The Kier molecular flexibility index (Phi) is 8.08. The maximum absolute atomic E-state index is 12.3. The number of carboxylic acids is 1. The summed E-state index contributed by atoms with van der Waals surface area (Å²) in [6.45, 7) is 7.85. The maximum atomic E-state index is 12.3. The summed E-state index contributed by atoms with van der Waals surface area (Å²) in [5.74, 6) is -0.860. The number of benzene rings is 1. The Bertz CT molecular complexity index is 650. The highest BCUT2D eigenvalue weighted by atomic mass is 32.2. The number of hydrogen-bond acceptors (Lipinski definition) is 5. The molecular weight excluding hydrogens is 328 g/mol. The van der Waals surface area contributed by atoms with Gasteiger partial charge in [0.2, 0.25) is 5.90 Å². The average molecular weight is 350 g/mol. The highest BCUT2D eigenvalue weighted by Crippen LogP contribution is 2.13. The highest BCUT2D eigenvalue weighted by Gasteiger charge is 2.17. The molecule has 0 aliphatic carbocycles. The van der Waals surface area contributed by atoms with Gasteiger partial charge in [0.15, 0.2) is 4.90 Å². The summed E-state index contributed by atoms with van der Waals surface area (Å²) in [7, 11) is 1.45. The van der Waals surface area contributed by atoms with E-state index in [2.05, 4.69) is 16.3 Å². The molecule has 0 fully saturated rings. The SMILES string of the molecule is C=C(N[S+]([O-])c1cccc(C(=O)O)c1)/C(=N\C=C(CC)CC)OC. The molecule has 0 spiro atoms. The third kappa shape index (κ3) is 5.75. The van der Waals surface area contributed by atoms with Crippen molar-refractivity contribution in [3.8, 4) is 0 Å². The molecule has 1 unspecified atom stereocenters. The molecule has 0 saturated heterocycles. The molecule has 1 rings (SSSR count). The number of aliphatic imine (C=N–C) groups is 1. The van der Waals surface area contributed by atoms with Crippen molar-refractivity contribution in [1.82, 2.24) is 4.72 Å². The van der Waals surface area contributed by atoms with Crippen molar-refractivity contribution in [1.29, 1.82) is 0 Å². The number of methoxy groups -OCH3 is 1. The number of aromatic carboxylic acids is 1. The van der Waals surface area contributed by atoms with Crippen LogP contribution in [-0.2, 0) is 16.1 Å². The largest absolute Gasteiger partial charge is 0.588 e. The molecule has 2 N–H and O–H groups in total. The van der Waals surface area contributed by atoms with E-state index in [1.807, 2.05) is 13.8 Å². The van der Waals surface area contributed by atoms with Crippen LogP contribution in [0, 0.1) is 0 Å². The van der Waals surface area contributed by atoms with Crippen molar-refractivity contribution < 1.29 is 19.2 Å². The normalized spacial score (nSPS) is 12.2. The monoisotopic (exact) mass is 350 g/mol. The number of carboxylic acid groups (broad SMARTS) is 1. The van der Waals surface area contributed by atoms with Crippen LogP contribution in [0.15, 0.2) is 58.2 Å². The molecule has 130 valence electrons. The molecule has 1 aromatic rings. The Morgan fingerprint density at radius 1 is 1.46 bits per heavy atom. The number of ether oxygens (including phenoxy) is 1. The lowest BCUT2D eigenvalue weighted by molar-refractivity contribution is 0.0696. The van der Waals surface area contributed by atoms with Gasteiger partial charge in [-0.15, -0.1) is 0 Å². The first-order valence-corrected chi connectivity index (χ1v) is 8.58. The van der Waals surface area contributed by atoms with Crippen molar-refractivity contribution in [2.75, 3.05) is 7.11 Å². The van der Waals surface area contributed by atoms with Gasteiger partial charge in [-0.1, -0.05) is 32.1 Å². The van der Waals surface area contributed by atoms with E-state index in [1.165, 1.54) is 25.3 Å². The summed E-state index contributed by atoms with van der Waals surface area (Å²) >= 11 is -1.67. The third-order valence-electron chi connectivity index (χ3n) is 3.24. The quantitative estimate of drug-likeness (QED) is 0.426. The first-order valence-electron chi connectivity index (χ1n) is 7.43. The predicted octanol–water partition coefficient (Wildman–Crippen LogP) is 3.26. The first kappa shape index (κ1) is 19.8. The molecule has 0 amide bonds. The van der Waals surface area contributed by atoms with E-state index in [9.17, 15) is 9.35 Å². The van der Waals surface area contributed by atoms with Crippen LogP contribution in [0.5, 0.6) is 0 Å². The standard InChI is InChI=1S/C17H22N2O4S/c1-5-13(6-2)11-18-16(23-4)12(3)19-24(22)15-9-7-8-14(10-15)17(20)21/h7-11,19H,3,5-6H2,1-2,4H3,(H,20,21)/b18-16+. The highest BCUT2D eigenvalue weighted by molar-refractivity contribution is 7.89. The summed E-state index contributed by atoms with van der Waals surface area (Å²) in [4.78, 5) is 15.5. The molecule has 0 heterocycles. The third-order valence-corrected chi connectivity index (χ3v) is 4.35. The number of nitrogens with one attached hydrogen (secondary N) is 1. The van der Waals surface area contributed by atoms with E-state index in [0.717, 1.165) is 18.4 Å². The zero-order valence-corrected chi connectivity index (χ0v) is 14.9. The Morgan fingerprint density at radius 2 is 2.12 bits per heavy atom. The van der Waals surface area contributed by atoms with Gasteiger partial charge in [-0.05, 0) is 25.0 Å². The lowest BCUT2D eigenvalue weighted by Crippen LogP contribution is -2.27. The zero-order valence-electron chi connectivity index (χ0n) is 14.0. The van der Waals surface area contributed by atoms with E-state index >= 15 is 0 Å². The van der Waals surface area contributed by atoms with Gasteiger partial charge in [-0.25, -0.2) is 9.79 Å². The fourth-order valence-corrected chi connectivity index (χ4v) is 2.66. The number of allylic oxidation sites excluding steroid dienone is 1. The lowest BCUT2D eigenvalue weighted by Gasteiger charge is -2.14. The van der Waals surface area contributed by atoms with Crippen LogP contribution in [0.2, 0.25) is 0 Å². The van der Waals surface area contributed by atoms with Crippen molar-refractivity contribution in [3.63, 3.8) is 0 Å². The molecular formula is C17H22N2O4S. The van der Waals surface area contributed by atoms with Gasteiger partial charge >= 0.3 is 5.97 Å². The second kappa shape index (κ2) is 9.79. The van der Waals surface area contributed by atoms with Crippen LogP contribution in [0.25, 0.3) is 0 Å². The Labute approximate surface area is 145 Å². The molecule has 6 nitrogen and oxygen atoms in total. The lowest BCUT2D eigenvalue weighted by atomic mass is 10.2. The van der Waals surface area contributed by atoms with E-state index in [1.54, 1.807) is 12.3 Å². The Morgan fingerprint density at radius 3 is 2.67 bits per heavy atom. The van der Waals surface area contributed by atoms with Gasteiger partial charge in [0.25, 0.3) is 0 Å². The van der Waals surface area contributed by atoms with E-state index in [0.29, 0.717) is 4.90 Å². The van der Waals surface area contributed by atoms with Gasteiger partial charge in [0.05, 0.1) is 12.7 Å². The van der Waals surface area contributed by atoms with Crippen LogP contribution >= 0.6 is 0 Å². The molecule has 0 aromatic heterocycles. The number of hydrogen-bond donors (Lipinski definition) is 2. The summed E-state index contributed by atoms with van der Waals surface area (Å²) < 4.78 is 20.2. The molecule has 7 heteroatoms. The summed E-state index contributed by atoms with van der Waals surface area (Å²) in [6, 6.07) is 5.87. The van der Waals surface area contributed by atoms with Crippen LogP contribution < -0.4 is 4.72 Å². The molecule has 0 radical (unpaired) electrons. The molecule has 0 aliphatic heterocycles. The van der Waals surface area contributed by atoms with E-state index in [-0.39, 0.29) is 17.2 Å². The summed E-state index contributed by atoms with van der Waals surface area (Å²) in [5.41, 5.74) is 1.46. The molecule has 1 atom stereocenters. The summed E-state index contributed by atoms with van der Waals surface area (Å²) in [5, 5.41) is 8.99. The summed E-state index contributed by atoms with van der Waals surface area (Å²) in [6.07, 6.45) is 3.47. The molecule has 0 saturated carbocycles. The van der Waals surface area contributed by atoms with E-state index in [4.69, 9.17) is 9.84 Å². The van der Waals surface area contributed by atoms with Gasteiger partial charge in [-0.3, -0.25) is 0 Å². The average Bonchev–Trinajstić information content (AvgIpc) is 2.58. The molecule has 0 aliphatic rings. The minimum atomic E-state index is -1.67. The van der Waals surface area contributed by atoms with Gasteiger partial charge in [0.1, 0.15) is 17.1 Å². The molecule has 0 bridgehead atoms. The van der Waals surface area contributed by atoms with Gasteiger partial charge in [-0.2, -0.15) is 4.72 Å². The van der Waals surface area contributed by atoms with Crippen LogP contribution in [0.1, 0.15) is 37.0 Å². The minimum absolute atomic E-state index is 0.0624. The predicted molar refractivity (Wildman–Crippen MR) is 95.2 cm³/mol. The van der Waals surface area contributed by atoms with E-state index < -0.39 is 17.3 Å². The van der Waals surface area contributed by atoms with Crippen molar-refractivity contribution in [2.24, 2.45) is 4.99 Å². The molecule has 24 heavy (non-hydrogen) atoms. The second-order valence-corrected chi connectivity index (χ2v) is 6.03. The van der Waals surface area contributed by atoms with Crippen LogP contribution in [0.3, 0.4) is 0 Å². The fraction of sp³-hybridized carbons (Fsp3) is 0.294. The van der Waals surface area contributed by atoms with Crippen molar-refractivity contribution >= 4 is 23.2 Å². The first-order chi connectivity index (χ1) is 11.4.